The summed E-state index contributed by atoms with van der Waals surface area (Å²) >= 11 is 6.20. The molecule has 0 saturated heterocycles. The first kappa shape index (κ1) is 24.5. The van der Waals surface area contributed by atoms with Crippen LogP contribution in [0.4, 0.5) is 0 Å². The lowest BCUT2D eigenvalue weighted by Crippen LogP contribution is -2.38. The van der Waals surface area contributed by atoms with Gasteiger partial charge in [-0.15, -0.1) is 12.8 Å². The maximum atomic E-state index is 12.6. The van der Waals surface area contributed by atoms with Crippen LogP contribution in [0.25, 0.3) is 0 Å². The average Bonchev–Trinajstić information content (AvgIpc) is 2.83. The van der Waals surface area contributed by atoms with E-state index >= 15 is 0 Å². The zero-order valence-corrected chi connectivity index (χ0v) is 17.7. The molecule has 1 unspecified atom stereocenters. The zero-order valence-electron chi connectivity index (χ0n) is 17.0. The van der Waals surface area contributed by atoms with Gasteiger partial charge in [0.2, 0.25) is 5.91 Å². The van der Waals surface area contributed by atoms with Crippen LogP contribution in [0.1, 0.15) is 30.4 Å². The molecule has 29 heavy (non-hydrogen) atoms. The van der Waals surface area contributed by atoms with E-state index < -0.39 is 0 Å². The molecule has 1 aromatic rings. The molecule has 0 spiro atoms. The average molecular weight is 418 g/mol. The summed E-state index contributed by atoms with van der Waals surface area (Å²) in [7, 11) is 1.65. The summed E-state index contributed by atoms with van der Waals surface area (Å²) in [5, 5.41) is 0.647. The molecular weight excluding hydrogens is 390 g/mol. The SMILES string of the molecule is C#C.CCOC(=O)CN1CC(C/C=C\C=C/COC)c2cc(Cl)ccc2CC1=O. The second-order valence-electron chi connectivity index (χ2n) is 6.34. The fraction of sp³-hybridized carbons (Fsp3) is 0.391. The van der Waals surface area contributed by atoms with Crippen LogP contribution in [0.3, 0.4) is 0 Å². The van der Waals surface area contributed by atoms with E-state index in [1.807, 2.05) is 30.4 Å². The second kappa shape index (κ2) is 13.6. The number of esters is 1. The fourth-order valence-electron chi connectivity index (χ4n) is 3.12. The summed E-state index contributed by atoms with van der Waals surface area (Å²) in [5.74, 6) is -0.392. The summed E-state index contributed by atoms with van der Waals surface area (Å²) in [4.78, 5) is 26.1. The molecule has 6 heteroatoms. The first-order valence-corrected chi connectivity index (χ1v) is 9.78. The molecule has 0 aliphatic carbocycles. The van der Waals surface area contributed by atoms with Gasteiger partial charge in [0, 0.05) is 24.6 Å². The summed E-state index contributed by atoms with van der Waals surface area (Å²) in [5.41, 5.74) is 2.02. The number of benzene rings is 1. The molecule has 0 N–H and O–H groups in total. The molecule has 1 atom stereocenters. The van der Waals surface area contributed by atoms with Gasteiger partial charge >= 0.3 is 5.97 Å². The molecule has 1 aromatic carbocycles. The quantitative estimate of drug-likeness (QED) is 0.367. The third kappa shape index (κ3) is 8.15. The Bertz CT molecular complexity index is 754. The lowest BCUT2D eigenvalue weighted by atomic mass is 9.91. The molecule has 0 saturated carbocycles. The number of ether oxygens (including phenoxy) is 2. The van der Waals surface area contributed by atoms with Gasteiger partial charge in [-0.2, -0.15) is 0 Å². The highest BCUT2D eigenvalue weighted by Crippen LogP contribution is 2.31. The van der Waals surface area contributed by atoms with Crippen molar-refractivity contribution in [3.05, 3.63) is 58.7 Å². The Morgan fingerprint density at radius 3 is 2.72 bits per heavy atom. The van der Waals surface area contributed by atoms with Crippen molar-refractivity contribution in [2.24, 2.45) is 0 Å². The van der Waals surface area contributed by atoms with E-state index in [1.54, 1.807) is 25.0 Å². The summed E-state index contributed by atoms with van der Waals surface area (Å²) in [6.45, 7) is 3.05. The minimum absolute atomic E-state index is 0.0254. The maximum absolute atomic E-state index is 12.6. The number of nitrogens with zero attached hydrogens (tertiary/aromatic N) is 1. The highest BCUT2D eigenvalue weighted by molar-refractivity contribution is 6.30. The van der Waals surface area contributed by atoms with Crippen molar-refractivity contribution in [1.82, 2.24) is 4.90 Å². The summed E-state index contributed by atoms with van der Waals surface area (Å²) in [6, 6.07) is 5.63. The molecule has 5 nitrogen and oxygen atoms in total. The van der Waals surface area contributed by atoms with Crippen molar-refractivity contribution in [3.63, 3.8) is 0 Å². The van der Waals surface area contributed by atoms with Crippen molar-refractivity contribution in [2.75, 3.05) is 33.4 Å². The normalized spacial score (nSPS) is 16.2. The van der Waals surface area contributed by atoms with Crippen LogP contribution in [0.15, 0.2) is 42.5 Å². The number of carbonyl (C=O) groups excluding carboxylic acids is 2. The summed E-state index contributed by atoms with van der Waals surface area (Å²) in [6.07, 6.45) is 16.9. The smallest absolute Gasteiger partial charge is 0.325 e. The highest BCUT2D eigenvalue weighted by atomic mass is 35.5. The van der Waals surface area contributed by atoms with Crippen LogP contribution in [-0.4, -0.2) is 50.2 Å². The van der Waals surface area contributed by atoms with Gasteiger partial charge in [0.15, 0.2) is 0 Å². The topological polar surface area (TPSA) is 55.8 Å². The fourth-order valence-corrected chi connectivity index (χ4v) is 3.30. The van der Waals surface area contributed by atoms with Crippen LogP contribution in [0.5, 0.6) is 0 Å². The molecule has 0 radical (unpaired) electrons. The Morgan fingerprint density at radius 1 is 1.31 bits per heavy atom. The van der Waals surface area contributed by atoms with E-state index in [-0.39, 0.29) is 30.8 Å². The van der Waals surface area contributed by atoms with E-state index in [0.717, 1.165) is 17.5 Å². The van der Waals surface area contributed by atoms with E-state index in [0.29, 0.717) is 24.8 Å². The molecule has 2 rings (SSSR count). The van der Waals surface area contributed by atoms with Crippen molar-refractivity contribution < 1.29 is 19.1 Å². The van der Waals surface area contributed by atoms with Crippen LogP contribution in [0, 0.1) is 12.8 Å². The molecule has 0 fully saturated rings. The monoisotopic (exact) mass is 417 g/mol. The Kier molecular flexibility index (Phi) is 11.5. The second-order valence-corrected chi connectivity index (χ2v) is 6.78. The standard InChI is InChI=1S/C21H26ClNO4.C2H2/c1-3-27-21(25)15-23-14-17(8-6-4-5-7-11-26-2)19-13-18(22)10-9-16(19)12-20(23)24;1-2/h4-7,9-10,13,17H,3,8,11-12,14-15H2,1-2H3;1-2H/b6-4-,7-5-;. The van der Waals surface area contributed by atoms with E-state index in [1.165, 1.54) is 0 Å². The Hall–Kier alpha value is -2.55. The Morgan fingerprint density at radius 2 is 2.03 bits per heavy atom. The van der Waals surface area contributed by atoms with Crippen molar-refractivity contribution >= 4 is 23.5 Å². The Balaban J connectivity index is 0.00000204. The number of rotatable bonds is 8. The first-order valence-electron chi connectivity index (χ1n) is 9.40. The van der Waals surface area contributed by atoms with Crippen molar-refractivity contribution in [2.45, 2.75) is 25.7 Å². The van der Waals surface area contributed by atoms with E-state index in [2.05, 4.69) is 18.9 Å². The number of carbonyl (C=O) groups is 2. The van der Waals surface area contributed by atoms with Crippen LogP contribution < -0.4 is 0 Å². The van der Waals surface area contributed by atoms with Crippen LogP contribution >= 0.6 is 11.6 Å². The number of terminal acetylenes is 1. The highest BCUT2D eigenvalue weighted by Gasteiger charge is 2.28. The van der Waals surface area contributed by atoms with E-state index in [4.69, 9.17) is 21.1 Å². The largest absolute Gasteiger partial charge is 0.465 e. The molecule has 156 valence electrons. The first-order chi connectivity index (χ1) is 14.0. The van der Waals surface area contributed by atoms with Gasteiger partial charge in [0.1, 0.15) is 6.54 Å². The van der Waals surface area contributed by atoms with Crippen LogP contribution in [0.2, 0.25) is 5.02 Å². The molecule has 1 aliphatic heterocycles. The van der Waals surface area contributed by atoms with Gasteiger partial charge < -0.3 is 14.4 Å². The lowest BCUT2D eigenvalue weighted by Gasteiger charge is -2.24. The lowest BCUT2D eigenvalue weighted by molar-refractivity contribution is -0.148. The number of hydrogen-bond donors (Lipinski definition) is 0. The van der Waals surface area contributed by atoms with Gasteiger partial charge in [-0.3, -0.25) is 9.59 Å². The van der Waals surface area contributed by atoms with Gasteiger partial charge in [0.05, 0.1) is 19.6 Å². The minimum Gasteiger partial charge on any atom is -0.465 e. The molecule has 0 aromatic heterocycles. The minimum atomic E-state index is -0.383. The zero-order chi connectivity index (χ0) is 21.6. The van der Waals surface area contributed by atoms with E-state index in [9.17, 15) is 9.59 Å². The van der Waals surface area contributed by atoms with Crippen molar-refractivity contribution in [1.29, 1.82) is 0 Å². The number of methoxy groups -OCH3 is 1. The predicted octanol–water partition coefficient (Wildman–Crippen LogP) is 3.77. The van der Waals surface area contributed by atoms with Crippen molar-refractivity contribution in [3.8, 4) is 12.8 Å². The predicted molar refractivity (Wildman–Crippen MR) is 116 cm³/mol. The number of amides is 1. The van der Waals surface area contributed by atoms with Gasteiger partial charge in [-0.05, 0) is 36.6 Å². The van der Waals surface area contributed by atoms with Gasteiger partial charge in [-0.25, -0.2) is 0 Å². The molecule has 1 heterocycles. The van der Waals surface area contributed by atoms with Crippen LogP contribution in [-0.2, 0) is 25.5 Å². The number of allylic oxidation sites excluding steroid dienone is 3. The molecular formula is C23H28ClNO4. The van der Waals surface area contributed by atoms with Gasteiger partial charge in [0.25, 0.3) is 0 Å². The number of halogens is 1. The Labute approximate surface area is 178 Å². The third-order valence-electron chi connectivity index (χ3n) is 4.37. The number of hydrogen-bond acceptors (Lipinski definition) is 4. The third-order valence-corrected chi connectivity index (χ3v) is 4.61. The summed E-state index contributed by atoms with van der Waals surface area (Å²) < 4.78 is 9.99. The maximum Gasteiger partial charge on any atom is 0.325 e. The number of fused-ring (bicyclic) bond motifs is 1. The molecule has 1 amide bonds. The molecule has 0 bridgehead atoms. The van der Waals surface area contributed by atoms with Gasteiger partial charge in [-0.1, -0.05) is 42.0 Å². The molecule has 1 aliphatic rings.